The number of benzene rings is 1. The highest BCUT2D eigenvalue weighted by molar-refractivity contribution is 5.96. The lowest BCUT2D eigenvalue weighted by Gasteiger charge is -2.13. The van der Waals surface area contributed by atoms with Gasteiger partial charge in [0.15, 0.2) is 6.10 Å². The van der Waals surface area contributed by atoms with E-state index in [4.69, 9.17) is 4.74 Å². The number of hydrogen-bond acceptors (Lipinski definition) is 4. The van der Waals surface area contributed by atoms with Crippen molar-refractivity contribution in [3.63, 3.8) is 0 Å². The van der Waals surface area contributed by atoms with Crippen LogP contribution in [0.25, 0.3) is 6.08 Å². The van der Waals surface area contributed by atoms with E-state index in [9.17, 15) is 9.59 Å². The first-order chi connectivity index (χ1) is 12.8. The van der Waals surface area contributed by atoms with Crippen LogP contribution >= 0.6 is 0 Å². The summed E-state index contributed by atoms with van der Waals surface area (Å²) in [5, 5.41) is 7.12. The van der Waals surface area contributed by atoms with Crippen molar-refractivity contribution < 1.29 is 14.3 Å². The number of fused-ring (bicyclic) bond motifs is 1. The molecule has 1 aliphatic rings. The van der Waals surface area contributed by atoms with Crippen LogP contribution in [0.15, 0.2) is 24.3 Å². The van der Waals surface area contributed by atoms with Crippen molar-refractivity contribution in [1.82, 2.24) is 9.78 Å². The van der Waals surface area contributed by atoms with Gasteiger partial charge < -0.3 is 10.1 Å². The number of amides is 1. The average molecular weight is 367 g/mol. The molecule has 0 saturated carbocycles. The monoisotopic (exact) mass is 367 g/mol. The summed E-state index contributed by atoms with van der Waals surface area (Å²) < 4.78 is 6.98. The molecule has 1 amide bonds. The van der Waals surface area contributed by atoms with E-state index in [1.165, 1.54) is 17.2 Å². The van der Waals surface area contributed by atoms with Gasteiger partial charge in [0.05, 0.1) is 5.69 Å². The Labute approximate surface area is 159 Å². The lowest BCUT2D eigenvalue weighted by molar-refractivity contribution is -0.148. The number of aryl methyl sites for hydroxylation is 4. The van der Waals surface area contributed by atoms with E-state index < -0.39 is 12.1 Å². The van der Waals surface area contributed by atoms with E-state index in [2.05, 4.69) is 16.5 Å². The van der Waals surface area contributed by atoms with Crippen molar-refractivity contribution in [3.8, 4) is 0 Å². The number of nitrogens with zero attached hydrogens (tertiary/aromatic N) is 2. The van der Waals surface area contributed by atoms with Gasteiger partial charge in [-0.3, -0.25) is 9.48 Å². The van der Waals surface area contributed by atoms with Gasteiger partial charge in [-0.15, -0.1) is 0 Å². The summed E-state index contributed by atoms with van der Waals surface area (Å²) in [6.07, 6.45) is 5.41. The molecule has 0 bridgehead atoms. The third kappa shape index (κ3) is 4.27. The maximum absolute atomic E-state index is 12.3. The largest absolute Gasteiger partial charge is 0.449 e. The fourth-order valence-corrected chi connectivity index (χ4v) is 3.34. The minimum absolute atomic E-state index is 0.344. The highest BCUT2D eigenvalue weighted by Gasteiger charge is 2.18. The topological polar surface area (TPSA) is 73.2 Å². The molecule has 27 heavy (non-hydrogen) atoms. The number of carbonyl (C=O) groups is 2. The molecular weight excluding hydrogens is 342 g/mol. The van der Waals surface area contributed by atoms with Crippen molar-refractivity contribution in [1.29, 1.82) is 0 Å². The Morgan fingerprint density at radius 2 is 2.00 bits per heavy atom. The minimum atomic E-state index is -0.883. The molecule has 0 spiro atoms. The predicted molar refractivity (Wildman–Crippen MR) is 104 cm³/mol. The molecule has 6 nitrogen and oxygen atoms in total. The van der Waals surface area contributed by atoms with Gasteiger partial charge in [0.1, 0.15) is 0 Å². The molecule has 1 aliphatic carbocycles. The Kier molecular flexibility index (Phi) is 5.44. The highest BCUT2D eigenvalue weighted by Crippen LogP contribution is 2.25. The fourth-order valence-electron chi connectivity index (χ4n) is 3.34. The molecule has 1 aromatic heterocycles. The summed E-state index contributed by atoms with van der Waals surface area (Å²) in [6.45, 7) is 5.37. The van der Waals surface area contributed by atoms with Crippen molar-refractivity contribution >= 4 is 23.6 Å². The standard InChI is InChI=1S/C21H25N3O3/c1-13-19(14(2)24(4)23-13)10-11-20(25)27-15(3)21(26)22-18-9-8-16-6-5-7-17(16)12-18/h8-12,15H,5-7H2,1-4H3,(H,22,26)/b11-10+/t15-/m0/s1. The Morgan fingerprint density at radius 1 is 1.26 bits per heavy atom. The lowest BCUT2D eigenvalue weighted by Crippen LogP contribution is -2.29. The Hall–Kier alpha value is -2.89. The number of esters is 1. The van der Waals surface area contributed by atoms with Crippen LogP contribution in [0, 0.1) is 13.8 Å². The van der Waals surface area contributed by atoms with Crippen LogP contribution in [-0.4, -0.2) is 27.8 Å². The van der Waals surface area contributed by atoms with E-state index in [0.29, 0.717) is 0 Å². The first-order valence-corrected chi connectivity index (χ1v) is 9.16. The summed E-state index contributed by atoms with van der Waals surface area (Å²) in [5.74, 6) is -0.905. The number of hydrogen-bond donors (Lipinski definition) is 1. The fraction of sp³-hybridized carbons (Fsp3) is 0.381. The Bertz CT molecular complexity index is 912. The summed E-state index contributed by atoms with van der Waals surface area (Å²) in [4.78, 5) is 24.4. The second-order valence-corrected chi connectivity index (χ2v) is 6.95. The van der Waals surface area contributed by atoms with Crippen molar-refractivity contribution in [2.24, 2.45) is 7.05 Å². The molecule has 3 rings (SSSR count). The van der Waals surface area contributed by atoms with Gasteiger partial charge in [-0.2, -0.15) is 5.10 Å². The SMILES string of the molecule is Cc1nn(C)c(C)c1/C=C/C(=O)O[C@@H](C)C(=O)Nc1ccc2c(c1)CCC2. The molecule has 1 aromatic carbocycles. The van der Waals surface area contributed by atoms with E-state index in [1.807, 2.05) is 33.0 Å². The number of carbonyl (C=O) groups excluding carboxylic acids is 2. The molecule has 0 saturated heterocycles. The Morgan fingerprint density at radius 3 is 2.70 bits per heavy atom. The van der Waals surface area contributed by atoms with Gasteiger partial charge >= 0.3 is 5.97 Å². The summed E-state index contributed by atoms with van der Waals surface area (Å²) in [7, 11) is 1.85. The predicted octanol–water partition coefficient (Wildman–Crippen LogP) is 3.11. The van der Waals surface area contributed by atoms with Crippen molar-refractivity contribution in [2.45, 2.75) is 46.1 Å². The zero-order chi connectivity index (χ0) is 19.6. The van der Waals surface area contributed by atoms with Gasteiger partial charge in [0, 0.05) is 30.1 Å². The molecule has 1 heterocycles. The quantitative estimate of drug-likeness (QED) is 0.651. The smallest absolute Gasteiger partial charge is 0.331 e. The van der Waals surface area contributed by atoms with E-state index >= 15 is 0 Å². The van der Waals surface area contributed by atoms with Crippen LogP contribution in [0.1, 0.15) is 41.4 Å². The second kappa shape index (κ2) is 7.78. The number of ether oxygens (including phenoxy) is 1. The summed E-state index contributed by atoms with van der Waals surface area (Å²) >= 11 is 0. The van der Waals surface area contributed by atoms with Crippen LogP contribution in [0.3, 0.4) is 0 Å². The van der Waals surface area contributed by atoms with E-state index in [0.717, 1.165) is 41.9 Å². The number of nitrogens with one attached hydrogen (secondary N) is 1. The number of aromatic nitrogens is 2. The summed E-state index contributed by atoms with van der Waals surface area (Å²) in [5.41, 5.74) is 6.03. The van der Waals surface area contributed by atoms with Crippen LogP contribution < -0.4 is 5.32 Å². The lowest BCUT2D eigenvalue weighted by atomic mass is 10.1. The molecule has 0 aliphatic heterocycles. The van der Waals surface area contributed by atoms with Crippen molar-refractivity contribution in [3.05, 3.63) is 52.4 Å². The molecule has 6 heteroatoms. The zero-order valence-corrected chi connectivity index (χ0v) is 16.2. The first kappa shape index (κ1) is 18.9. The molecule has 142 valence electrons. The zero-order valence-electron chi connectivity index (χ0n) is 16.2. The van der Waals surface area contributed by atoms with Crippen LogP contribution in [0.2, 0.25) is 0 Å². The average Bonchev–Trinajstić information content (AvgIpc) is 3.17. The molecular formula is C21H25N3O3. The van der Waals surface area contributed by atoms with Crippen molar-refractivity contribution in [2.75, 3.05) is 5.32 Å². The maximum atomic E-state index is 12.3. The third-order valence-electron chi connectivity index (χ3n) is 4.98. The van der Waals surface area contributed by atoms with E-state index in [-0.39, 0.29) is 5.91 Å². The normalized spacial score (nSPS) is 14.2. The molecule has 1 atom stereocenters. The Balaban J connectivity index is 1.57. The molecule has 0 radical (unpaired) electrons. The molecule has 1 N–H and O–H groups in total. The van der Waals surface area contributed by atoms with Crippen LogP contribution in [-0.2, 0) is 34.2 Å². The first-order valence-electron chi connectivity index (χ1n) is 9.16. The van der Waals surface area contributed by atoms with Gasteiger partial charge in [-0.1, -0.05) is 6.07 Å². The van der Waals surface area contributed by atoms with Crippen LogP contribution in [0.4, 0.5) is 5.69 Å². The maximum Gasteiger partial charge on any atom is 0.331 e. The van der Waals surface area contributed by atoms with E-state index in [1.54, 1.807) is 17.7 Å². The number of rotatable bonds is 5. The molecule has 2 aromatic rings. The number of anilines is 1. The minimum Gasteiger partial charge on any atom is -0.449 e. The third-order valence-corrected chi connectivity index (χ3v) is 4.98. The molecule has 0 unspecified atom stereocenters. The molecule has 0 fully saturated rings. The van der Waals surface area contributed by atoms with Gasteiger partial charge in [0.25, 0.3) is 5.91 Å². The second-order valence-electron chi connectivity index (χ2n) is 6.95. The van der Waals surface area contributed by atoms with Crippen LogP contribution in [0.5, 0.6) is 0 Å². The van der Waals surface area contributed by atoms with Gasteiger partial charge in [-0.05, 0) is 69.4 Å². The highest BCUT2D eigenvalue weighted by atomic mass is 16.5. The van der Waals surface area contributed by atoms with Gasteiger partial charge in [-0.25, -0.2) is 4.79 Å². The van der Waals surface area contributed by atoms with Gasteiger partial charge in [0.2, 0.25) is 0 Å². The summed E-state index contributed by atoms with van der Waals surface area (Å²) in [6, 6.07) is 5.95.